The average Bonchev–Trinajstić information content (AvgIpc) is 2.38. The van der Waals surface area contributed by atoms with Crippen molar-refractivity contribution in [2.45, 2.75) is 20.4 Å². The van der Waals surface area contributed by atoms with E-state index in [9.17, 15) is 4.79 Å². The Balaban J connectivity index is 2.01. The minimum atomic E-state index is -0.203. The summed E-state index contributed by atoms with van der Waals surface area (Å²) in [7, 11) is 0. The van der Waals surface area contributed by atoms with Crippen LogP contribution in [0.4, 0.5) is 0 Å². The molecule has 1 aromatic heterocycles. The monoisotopic (exact) mass is 241 g/mol. The van der Waals surface area contributed by atoms with E-state index in [-0.39, 0.29) is 5.91 Å². The van der Waals surface area contributed by atoms with Crippen LogP contribution in [0, 0.1) is 13.8 Å². The van der Waals surface area contributed by atoms with Gasteiger partial charge in [0.05, 0.1) is 5.69 Å². The van der Waals surface area contributed by atoms with Gasteiger partial charge < -0.3 is 5.32 Å². The largest absolute Gasteiger partial charge is 0.347 e. The summed E-state index contributed by atoms with van der Waals surface area (Å²) in [5, 5.41) is 10.5. The van der Waals surface area contributed by atoms with Crippen LogP contribution in [0.3, 0.4) is 0 Å². The number of carbonyl (C=O) groups excluding carboxylic acids is 1. The molecule has 0 unspecified atom stereocenters. The first-order chi connectivity index (χ1) is 8.66. The van der Waals surface area contributed by atoms with Gasteiger partial charge in [-0.25, -0.2) is 0 Å². The fourth-order valence-electron chi connectivity index (χ4n) is 1.59. The molecule has 0 spiro atoms. The van der Waals surface area contributed by atoms with Crippen molar-refractivity contribution >= 4 is 5.91 Å². The number of hydrogen-bond donors (Lipinski definition) is 1. The molecule has 4 nitrogen and oxygen atoms in total. The number of carbonyl (C=O) groups is 1. The third-order valence-electron chi connectivity index (χ3n) is 2.73. The zero-order valence-electron chi connectivity index (χ0n) is 10.5. The number of rotatable bonds is 3. The van der Waals surface area contributed by atoms with Crippen LogP contribution in [0.25, 0.3) is 0 Å². The first-order valence-corrected chi connectivity index (χ1v) is 5.80. The highest BCUT2D eigenvalue weighted by atomic mass is 16.1. The lowest BCUT2D eigenvalue weighted by atomic mass is 10.1. The van der Waals surface area contributed by atoms with Crippen molar-refractivity contribution < 1.29 is 4.79 Å². The second-order valence-corrected chi connectivity index (χ2v) is 4.17. The topological polar surface area (TPSA) is 54.9 Å². The van der Waals surface area contributed by atoms with Crippen molar-refractivity contribution in [3.63, 3.8) is 0 Å². The number of amides is 1. The highest BCUT2D eigenvalue weighted by Gasteiger charge is 2.07. The summed E-state index contributed by atoms with van der Waals surface area (Å²) in [6, 6.07) is 11.4. The Morgan fingerprint density at radius 3 is 2.56 bits per heavy atom. The Hall–Kier alpha value is -2.23. The van der Waals surface area contributed by atoms with Crippen molar-refractivity contribution in [2.24, 2.45) is 0 Å². The van der Waals surface area contributed by atoms with Gasteiger partial charge in [-0.1, -0.05) is 24.3 Å². The molecule has 92 valence electrons. The molecule has 4 heteroatoms. The first kappa shape index (κ1) is 12.2. The van der Waals surface area contributed by atoms with E-state index >= 15 is 0 Å². The van der Waals surface area contributed by atoms with Crippen molar-refractivity contribution in [1.82, 2.24) is 15.5 Å². The molecule has 0 fully saturated rings. The van der Waals surface area contributed by atoms with Crippen molar-refractivity contribution in [1.29, 1.82) is 0 Å². The molecule has 0 saturated carbocycles. The van der Waals surface area contributed by atoms with Crippen LogP contribution in [0.15, 0.2) is 36.4 Å². The van der Waals surface area contributed by atoms with E-state index in [1.165, 1.54) is 0 Å². The van der Waals surface area contributed by atoms with Gasteiger partial charge in [0.2, 0.25) is 0 Å². The highest BCUT2D eigenvalue weighted by Crippen LogP contribution is 2.06. The van der Waals surface area contributed by atoms with Gasteiger partial charge in [-0.2, -0.15) is 5.10 Å². The van der Waals surface area contributed by atoms with E-state index < -0.39 is 0 Å². The van der Waals surface area contributed by atoms with Crippen molar-refractivity contribution in [2.75, 3.05) is 0 Å². The minimum Gasteiger partial charge on any atom is -0.347 e. The first-order valence-electron chi connectivity index (χ1n) is 5.80. The van der Waals surface area contributed by atoms with E-state index in [1.807, 2.05) is 38.1 Å². The number of nitrogens with one attached hydrogen (secondary N) is 1. The maximum Gasteiger partial charge on any atom is 0.272 e. The highest BCUT2D eigenvalue weighted by molar-refractivity contribution is 5.91. The Labute approximate surface area is 106 Å². The van der Waals surface area contributed by atoms with Crippen LogP contribution in [0.2, 0.25) is 0 Å². The number of aromatic nitrogens is 2. The molecule has 0 bridgehead atoms. The lowest BCUT2D eigenvalue weighted by Gasteiger charge is -2.07. The molecule has 0 aliphatic rings. The maximum atomic E-state index is 11.8. The summed E-state index contributed by atoms with van der Waals surface area (Å²) >= 11 is 0. The number of aryl methyl sites for hydroxylation is 2. The molecule has 0 radical (unpaired) electrons. The third kappa shape index (κ3) is 2.91. The zero-order valence-corrected chi connectivity index (χ0v) is 10.5. The molecule has 0 atom stereocenters. The van der Waals surface area contributed by atoms with Crippen LogP contribution >= 0.6 is 0 Å². The molecule has 1 aromatic carbocycles. The van der Waals surface area contributed by atoms with Gasteiger partial charge in [0.25, 0.3) is 5.91 Å². The van der Waals surface area contributed by atoms with Crippen LogP contribution in [-0.4, -0.2) is 16.1 Å². The Bertz CT molecular complexity index is 549. The van der Waals surface area contributed by atoms with Gasteiger partial charge in [0.15, 0.2) is 5.69 Å². The van der Waals surface area contributed by atoms with Gasteiger partial charge in [0, 0.05) is 6.54 Å². The van der Waals surface area contributed by atoms with Gasteiger partial charge in [0.1, 0.15) is 0 Å². The molecule has 0 saturated heterocycles. The summed E-state index contributed by atoms with van der Waals surface area (Å²) in [6.45, 7) is 4.36. The molecular formula is C14H15N3O. The smallest absolute Gasteiger partial charge is 0.272 e. The fourth-order valence-corrected chi connectivity index (χ4v) is 1.59. The van der Waals surface area contributed by atoms with E-state index in [2.05, 4.69) is 15.5 Å². The van der Waals surface area contributed by atoms with Gasteiger partial charge in [-0.05, 0) is 37.1 Å². The normalized spacial score (nSPS) is 10.1. The van der Waals surface area contributed by atoms with E-state index in [1.54, 1.807) is 12.1 Å². The van der Waals surface area contributed by atoms with Gasteiger partial charge in [-0.3, -0.25) is 4.79 Å². The molecule has 0 aliphatic heterocycles. The Morgan fingerprint density at radius 2 is 1.89 bits per heavy atom. The number of benzene rings is 1. The van der Waals surface area contributed by atoms with E-state index in [0.29, 0.717) is 12.2 Å². The second kappa shape index (κ2) is 5.40. The van der Waals surface area contributed by atoms with Crippen molar-refractivity contribution in [3.05, 3.63) is 58.9 Å². The number of nitrogens with zero attached hydrogens (tertiary/aromatic N) is 2. The van der Waals surface area contributed by atoms with Crippen molar-refractivity contribution in [3.8, 4) is 0 Å². The molecule has 1 heterocycles. The van der Waals surface area contributed by atoms with Gasteiger partial charge in [-0.15, -0.1) is 5.10 Å². The summed E-state index contributed by atoms with van der Waals surface area (Å²) in [6.07, 6.45) is 0. The molecule has 2 aromatic rings. The molecule has 1 amide bonds. The summed E-state index contributed by atoms with van der Waals surface area (Å²) in [5.41, 5.74) is 3.40. The Morgan fingerprint density at radius 1 is 1.11 bits per heavy atom. The maximum absolute atomic E-state index is 11.8. The van der Waals surface area contributed by atoms with Crippen LogP contribution in [-0.2, 0) is 6.54 Å². The molecule has 18 heavy (non-hydrogen) atoms. The second-order valence-electron chi connectivity index (χ2n) is 4.17. The molecule has 0 aliphatic carbocycles. The zero-order chi connectivity index (χ0) is 13.0. The van der Waals surface area contributed by atoms with Crippen LogP contribution in [0.1, 0.15) is 27.3 Å². The summed E-state index contributed by atoms with van der Waals surface area (Å²) < 4.78 is 0. The molecule has 2 rings (SSSR count). The Kier molecular flexibility index (Phi) is 3.67. The quantitative estimate of drug-likeness (QED) is 0.894. The predicted molar refractivity (Wildman–Crippen MR) is 69.1 cm³/mol. The SMILES string of the molecule is Cc1ccc(C(=O)NCc2ccccc2C)nn1. The fraction of sp³-hybridized carbons (Fsp3) is 0.214. The van der Waals surface area contributed by atoms with Crippen LogP contribution < -0.4 is 5.32 Å². The number of hydrogen-bond acceptors (Lipinski definition) is 3. The summed E-state index contributed by atoms with van der Waals surface area (Å²) in [5.74, 6) is -0.203. The lowest BCUT2D eigenvalue weighted by molar-refractivity contribution is 0.0945. The lowest BCUT2D eigenvalue weighted by Crippen LogP contribution is -2.24. The minimum absolute atomic E-state index is 0.203. The molecule has 1 N–H and O–H groups in total. The summed E-state index contributed by atoms with van der Waals surface area (Å²) in [4.78, 5) is 11.8. The third-order valence-corrected chi connectivity index (χ3v) is 2.73. The van der Waals surface area contributed by atoms with E-state index in [0.717, 1.165) is 16.8 Å². The van der Waals surface area contributed by atoms with Crippen LogP contribution in [0.5, 0.6) is 0 Å². The standard InChI is InChI=1S/C14H15N3O/c1-10-5-3-4-6-12(10)9-15-14(18)13-8-7-11(2)16-17-13/h3-8H,9H2,1-2H3,(H,15,18). The average molecular weight is 241 g/mol. The predicted octanol–water partition coefficient (Wildman–Crippen LogP) is 2.02. The van der Waals surface area contributed by atoms with E-state index in [4.69, 9.17) is 0 Å². The van der Waals surface area contributed by atoms with Gasteiger partial charge >= 0.3 is 0 Å². The molecular weight excluding hydrogens is 226 g/mol.